The molecule has 7 heteroatoms. The quantitative estimate of drug-likeness (QED) is 0.610. The van der Waals surface area contributed by atoms with Crippen molar-refractivity contribution in [3.8, 4) is 5.75 Å². The number of rotatable bonds is 8. The van der Waals surface area contributed by atoms with E-state index in [9.17, 15) is 17.6 Å². The summed E-state index contributed by atoms with van der Waals surface area (Å²) in [5, 5.41) is 0. The Bertz CT molecular complexity index is 944. The Balaban J connectivity index is 1.89. The van der Waals surface area contributed by atoms with Crippen LogP contribution in [0.25, 0.3) is 0 Å². The summed E-state index contributed by atoms with van der Waals surface area (Å²) in [6, 6.07) is 12.5. The summed E-state index contributed by atoms with van der Waals surface area (Å²) in [6.07, 6.45) is 2.25. The average molecular weight is 420 g/mol. The van der Waals surface area contributed by atoms with Crippen LogP contribution in [-0.2, 0) is 16.4 Å². The Labute approximate surface area is 171 Å². The largest absolute Gasteiger partial charge is 0.493 e. The Morgan fingerprint density at radius 1 is 1.17 bits per heavy atom. The van der Waals surface area contributed by atoms with Crippen LogP contribution in [-0.4, -0.2) is 43.4 Å². The molecule has 1 saturated heterocycles. The number of unbranched alkanes of at least 4 members (excludes halogenated alkanes) is 1. The number of carbonyl (C=O) groups is 1. The number of para-hydroxylation sites is 1. The lowest BCUT2D eigenvalue weighted by atomic mass is 10.1. The van der Waals surface area contributed by atoms with E-state index in [-0.39, 0.29) is 29.8 Å². The fourth-order valence-corrected chi connectivity index (χ4v) is 5.16. The molecule has 1 unspecified atom stereocenters. The fourth-order valence-electron chi connectivity index (χ4n) is 3.42. The van der Waals surface area contributed by atoms with Crippen LogP contribution in [0.1, 0.15) is 42.1 Å². The third kappa shape index (κ3) is 5.56. The molecule has 1 atom stereocenters. The van der Waals surface area contributed by atoms with Gasteiger partial charge in [0.1, 0.15) is 11.6 Å². The van der Waals surface area contributed by atoms with Gasteiger partial charge in [-0.3, -0.25) is 4.79 Å². The minimum atomic E-state index is -3.17. The first-order valence-electron chi connectivity index (χ1n) is 9.87. The predicted molar refractivity (Wildman–Crippen MR) is 110 cm³/mol. The molecule has 0 saturated carbocycles. The van der Waals surface area contributed by atoms with E-state index in [1.807, 2.05) is 6.07 Å². The van der Waals surface area contributed by atoms with Gasteiger partial charge in [0.2, 0.25) is 0 Å². The van der Waals surface area contributed by atoms with Crippen LogP contribution in [0.3, 0.4) is 0 Å². The standard InChI is InChI=1S/C22H26FNO4S/c1-2-3-13-28-21-7-5-4-6-20(21)22(25)24(19-12-14-29(26,27)16-19)15-17-8-10-18(23)11-9-17/h4-11,19H,2-3,12-16H2,1H3. The molecule has 0 spiro atoms. The van der Waals surface area contributed by atoms with Gasteiger partial charge in [0.15, 0.2) is 9.84 Å². The molecule has 1 fully saturated rings. The minimum absolute atomic E-state index is 0.0568. The summed E-state index contributed by atoms with van der Waals surface area (Å²) in [5.74, 6) is -0.123. The van der Waals surface area contributed by atoms with Crippen LogP contribution < -0.4 is 4.74 Å². The molecule has 5 nitrogen and oxygen atoms in total. The normalized spacial score (nSPS) is 17.8. The molecule has 2 aromatic rings. The maximum atomic E-state index is 13.4. The molecular weight excluding hydrogens is 393 g/mol. The topological polar surface area (TPSA) is 63.7 Å². The Hall–Kier alpha value is -2.41. The first-order valence-corrected chi connectivity index (χ1v) is 11.7. The van der Waals surface area contributed by atoms with Crippen LogP contribution in [0.2, 0.25) is 0 Å². The highest BCUT2D eigenvalue weighted by atomic mass is 32.2. The number of ether oxygens (including phenoxy) is 1. The smallest absolute Gasteiger partial charge is 0.258 e. The van der Waals surface area contributed by atoms with Gasteiger partial charge in [0.05, 0.1) is 23.7 Å². The molecule has 0 aliphatic carbocycles. The monoisotopic (exact) mass is 419 g/mol. The Morgan fingerprint density at radius 3 is 2.55 bits per heavy atom. The van der Waals surface area contributed by atoms with Crippen molar-refractivity contribution in [1.29, 1.82) is 0 Å². The van der Waals surface area contributed by atoms with E-state index in [0.717, 1.165) is 18.4 Å². The van der Waals surface area contributed by atoms with Crippen molar-refractivity contribution in [2.24, 2.45) is 0 Å². The molecule has 156 valence electrons. The van der Waals surface area contributed by atoms with Gasteiger partial charge in [-0.1, -0.05) is 37.6 Å². The van der Waals surface area contributed by atoms with Crippen molar-refractivity contribution >= 4 is 15.7 Å². The highest BCUT2D eigenvalue weighted by molar-refractivity contribution is 7.91. The van der Waals surface area contributed by atoms with Gasteiger partial charge in [0.25, 0.3) is 5.91 Å². The third-order valence-corrected chi connectivity index (χ3v) is 6.80. The van der Waals surface area contributed by atoms with E-state index in [0.29, 0.717) is 24.3 Å². The van der Waals surface area contributed by atoms with Crippen molar-refractivity contribution in [1.82, 2.24) is 4.90 Å². The van der Waals surface area contributed by atoms with E-state index >= 15 is 0 Å². The number of halogens is 1. The van der Waals surface area contributed by atoms with E-state index < -0.39 is 15.9 Å². The predicted octanol–water partition coefficient (Wildman–Crippen LogP) is 3.83. The summed E-state index contributed by atoms with van der Waals surface area (Å²) >= 11 is 0. The van der Waals surface area contributed by atoms with Crippen molar-refractivity contribution in [3.05, 3.63) is 65.5 Å². The Morgan fingerprint density at radius 2 is 1.90 bits per heavy atom. The van der Waals surface area contributed by atoms with Crippen LogP contribution in [0.15, 0.2) is 48.5 Å². The lowest BCUT2D eigenvalue weighted by Gasteiger charge is -2.29. The first kappa shape index (κ1) is 21.3. The van der Waals surface area contributed by atoms with E-state index in [1.165, 1.54) is 12.1 Å². The van der Waals surface area contributed by atoms with Crippen LogP contribution in [0.5, 0.6) is 5.75 Å². The summed E-state index contributed by atoms with van der Waals surface area (Å²) in [4.78, 5) is 15.0. The number of amides is 1. The molecule has 0 bridgehead atoms. The second kappa shape index (κ2) is 9.39. The molecule has 1 aliphatic rings. The molecule has 2 aromatic carbocycles. The summed E-state index contributed by atoms with van der Waals surface area (Å²) < 4.78 is 43.1. The van der Waals surface area contributed by atoms with Crippen molar-refractivity contribution in [2.75, 3.05) is 18.1 Å². The zero-order chi connectivity index (χ0) is 20.9. The summed E-state index contributed by atoms with van der Waals surface area (Å²) in [5.41, 5.74) is 1.16. The maximum absolute atomic E-state index is 13.4. The van der Waals surface area contributed by atoms with Crippen molar-refractivity contribution in [2.45, 2.75) is 38.8 Å². The zero-order valence-corrected chi connectivity index (χ0v) is 17.3. The lowest BCUT2D eigenvalue weighted by molar-refractivity contribution is 0.0676. The van der Waals surface area contributed by atoms with Crippen molar-refractivity contribution in [3.63, 3.8) is 0 Å². The number of carbonyl (C=O) groups excluding carboxylic acids is 1. The Kier molecular flexibility index (Phi) is 6.90. The van der Waals surface area contributed by atoms with Crippen molar-refractivity contribution < 1.29 is 22.3 Å². The van der Waals surface area contributed by atoms with E-state index in [1.54, 1.807) is 35.2 Å². The molecule has 29 heavy (non-hydrogen) atoms. The molecule has 0 radical (unpaired) electrons. The second-order valence-electron chi connectivity index (χ2n) is 7.31. The lowest BCUT2D eigenvalue weighted by Crippen LogP contribution is -2.40. The van der Waals surface area contributed by atoms with Gasteiger partial charge in [0, 0.05) is 12.6 Å². The number of sulfone groups is 1. The SMILES string of the molecule is CCCCOc1ccccc1C(=O)N(Cc1ccc(F)cc1)C1CCS(=O)(=O)C1. The van der Waals surface area contributed by atoms with Gasteiger partial charge >= 0.3 is 0 Å². The summed E-state index contributed by atoms with van der Waals surface area (Å²) in [7, 11) is -3.17. The minimum Gasteiger partial charge on any atom is -0.493 e. The van der Waals surface area contributed by atoms with Gasteiger partial charge in [-0.2, -0.15) is 0 Å². The van der Waals surface area contributed by atoms with Gasteiger partial charge in [-0.05, 0) is 42.7 Å². The number of benzene rings is 2. The maximum Gasteiger partial charge on any atom is 0.258 e. The first-order chi connectivity index (χ1) is 13.9. The van der Waals surface area contributed by atoms with Gasteiger partial charge in [-0.15, -0.1) is 0 Å². The van der Waals surface area contributed by atoms with E-state index in [2.05, 4.69) is 6.92 Å². The molecule has 3 rings (SSSR count). The van der Waals surface area contributed by atoms with Crippen LogP contribution in [0.4, 0.5) is 4.39 Å². The summed E-state index contributed by atoms with van der Waals surface area (Å²) in [6.45, 7) is 2.78. The molecule has 1 aliphatic heterocycles. The fraction of sp³-hybridized carbons (Fsp3) is 0.409. The number of nitrogens with zero attached hydrogens (tertiary/aromatic N) is 1. The highest BCUT2D eigenvalue weighted by Crippen LogP contribution is 2.26. The van der Waals surface area contributed by atoms with Crippen LogP contribution >= 0.6 is 0 Å². The van der Waals surface area contributed by atoms with Gasteiger partial charge in [-0.25, -0.2) is 12.8 Å². The molecule has 1 heterocycles. The van der Waals surface area contributed by atoms with Gasteiger partial charge < -0.3 is 9.64 Å². The van der Waals surface area contributed by atoms with E-state index in [4.69, 9.17) is 4.74 Å². The zero-order valence-electron chi connectivity index (χ0n) is 16.5. The number of hydrogen-bond donors (Lipinski definition) is 0. The average Bonchev–Trinajstić information content (AvgIpc) is 3.07. The number of hydrogen-bond acceptors (Lipinski definition) is 4. The van der Waals surface area contributed by atoms with Crippen LogP contribution in [0, 0.1) is 5.82 Å². The second-order valence-corrected chi connectivity index (χ2v) is 9.54. The molecule has 1 amide bonds. The highest BCUT2D eigenvalue weighted by Gasteiger charge is 2.35. The third-order valence-electron chi connectivity index (χ3n) is 5.05. The molecule has 0 aromatic heterocycles. The molecular formula is C22H26FNO4S. The molecule has 0 N–H and O–H groups in total.